The third kappa shape index (κ3) is 2.36. The molecule has 1 aromatic carbocycles. The van der Waals surface area contributed by atoms with Crippen LogP contribution >= 0.6 is 0 Å². The Morgan fingerprint density at radius 2 is 1.44 bits per heavy atom. The molecule has 2 rings (SSSR count). The van der Waals surface area contributed by atoms with Crippen LogP contribution in [0.5, 0.6) is 0 Å². The Balaban J connectivity index is 2.53. The maximum atomic E-state index is 13.2. The van der Waals surface area contributed by atoms with E-state index in [4.69, 9.17) is 5.73 Å². The largest absolute Gasteiger partial charge is 0.318 e. The van der Waals surface area contributed by atoms with Gasteiger partial charge in [-0.1, -0.05) is 0 Å². The molecule has 5 heteroatoms. The first-order valence-electron chi connectivity index (χ1n) is 5.26. The maximum Gasteiger partial charge on any atom is 0.141 e. The van der Waals surface area contributed by atoms with Gasteiger partial charge in [-0.15, -0.1) is 0 Å². The fourth-order valence-electron chi connectivity index (χ4n) is 1.72. The summed E-state index contributed by atoms with van der Waals surface area (Å²) in [7, 11) is 0. The van der Waals surface area contributed by atoms with Crippen LogP contribution in [-0.4, -0.2) is 4.98 Å². The highest BCUT2D eigenvalue weighted by Crippen LogP contribution is 2.27. The molecule has 2 N–H and O–H groups in total. The first-order valence-corrected chi connectivity index (χ1v) is 5.26. The molecule has 1 unspecified atom stereocenters. The summed E-state index contributed by atoms with van der Waals surface area (Å²) in [5, 5.41) is 0. The van der Waals surface area contributed by atoms with Crippen molar-refractivity contribution in [1.29, 1.82) is 0 Å². The summed E-state index contributed by atoms with van der Waals surface area (Å²) in [6.45, 7) is 1.54. The molecular formula is C13H11F3N2. The van der Waals surface area contributed by atoms with E-state index in [9.17, 15) is 13.2 Å². The van der Waals surface area contributed by atoms with Crippen LogP contribution in [0.25, 0.3) is 0 Å². The molecule has 0 radical (unpaired) electrons. The van der Waals surface area contributed by atoms with Crippen LogP contribution in [0.4, 0.5) is 13.2 Å². The number of pyridine rings is 1. The average Bonchev–Trinajstić information content (AvgIpc) is 2.27. The monoisotopic (exact) mass is 252 g/mol. The van der Waals surface area contributed by atoms with Crippen LogP contribution in [0.15, 0.2) is 36.7 Å². The number of nitrogens with zero attached hydrogens (tertiary/aromatic N) is 1. The van der Waals surface area contributed by atoms with Gasteiger partial charge in [-0.25, -0.2) is 13.2 Å². The third-order valence-corrected chi connectivity index (χ3v) is 2.77. The lowest BCUT2D eigenvalue weighted by atomic mass is 9.86. The lowest BCUT2D eigenvalue weighted by Crippen LogP contribution is -2.34. The van der Waals surface area contributed by atoms with Gasteiger partial charge in [0.15, 0.2) is 0 Å². The lowest BCUT2D eigenvalue weighted by molar-refractivity contribution is 0.544. The predicted octanol–water partition coefficient (Wildman–Crippen LogP) is 2.72. The SMILES string of the molecule is CC(N)(c1cncc(F)c1)c1cc(F)cc(F)c1. The maximum absolute atomic E-state index is 13.2. The van der Waals surface area contributed by atoms with Crippen molar-refractivity contribution in [2.75, 3.05) is 0 Å². The number of benzene rings is 1. The fourth-order valence-corrected chi connectivity index (χ4v) is 1.72. The van der Waals surface area contributed by atoms with Crippen molar-refractivity contribution in [3.05, 3.63) is 65.2 Å². The molecule has 18 heavy (non-hydrogen) atoms. The van der Waals surface area contributed by atoms with Crippen molar-refractivity contribution in [3.63, 3.8) is 0 Å². The van der Waals surface area contributed by atoms with Crippen LogP contribution in [0, 0.1) is 17.5 Å². The summed E-state index contributed by atoms with van der Waals surface area (Å²) in [6, 6.07) is 4.18. The molecule has 1 aromatic heterocycles. The smallest absolute Gasteiger partial charge is 0.141 e. The number of aromatic nitrogens is 1. The van der Waals surface area contributed by atoms with Crippen molar-refractivity contribution < 1.29 is 13.2 Å². The molecule has 0 aliphatic carbocycles. The second kappa shape index (κ2) is 4.42. The molecule has 0 saturated heterocycles. The van der Waals surface area contributed by atoms with Gasteiger partial charge in [0.05, 0.1) is 11.7 Å². The van der Waals surface area contributed by atoms with Crippen molar-refractivity contribution in [1.82, 2.24) is 4.98 Å². The van der Waals surface area contributed by atoms with E-state index in [-0.39, 0.29) is 5.56 Å². The van der Waals surface area contributed by atoms with Gasteiger partial charge < -0.3 is 5.73 Å². The number of halogens is 3. The van der Waals surface area contributed by atoms with Gasteiger partial charge in [-0.05, 0) is 36.2 Å². The highest BCUT2D eigenvalue weighted by atomic mass is 19.1. The second-order valence-corrected chi connectivity index (χ2v) is 4.25. The zero-order chi connectivity index (χ0) is 13.3. The zero-order valence-corrected chi connectivity index (χ0v) is 9.62. The average molecular weight is 252 g/mol. The molecule has 94 valence electrons. The van der Waals surface area contributed by atoms with Crippen molar-refractivity contribution in [3.8, 4) is 0 Å². The van der Waals surface area contributed by atoms with Crippen LogP contribution in [0.1, 0.15) is 18.1 Å². The van der Waals surface area contributed by atoms with Gasteiger partial charge in [0, 0.05) is 12.3 Å². The quantitative estimate of drug-likeness (QED) is 0.892. The van der Waals surface area contributed by atoms with Crippen molar-refractivity contribution in [2.45, 2.75) is 12.5 Å². The Bertz CT molecular complexity index is 562. The van der Waals surface area contributed by atoms with Gasteiger partial charge in [-0.2, -0.15) is 0 Å². The Morgan fingerprint density at radius 1 is 0.889 bits per heavy atom. The first kappa shape index (κ1) is 12.6. The van der Waals surface area contributed by atoms with Crippen molar-refractivity contribution in [2.24, 2.45) is 5.73 Å². The molecule has 0 amide bonds. The molecule has 0 aliphatic heterocycles. The van der Waals surface area contributed by atoms with E-state index in [1.165, 1.54) is 19.2 Å². The van der Waals surface area contributed by atoms with E-state index in [1.54, 1.807) is 0 Å². The highest BCUT2D eigenvalue weighted by molar-refractivity contribution is 5.36. The molecule has 0 fully saturated rings. The lowest BCUT2D eigenvalue weighted by Gasteiger charge is -2.25. The summed E-state index contributed by atoms with van der Waals surface area (Å²) in [4.78, 5) is 3.68. The van der Waals surface area contributed by atoms with Gasteiger partial charge in [0.1, 0.15) is 17.5 Å². The minimum absolute atomic E-state index is 0.215. The van der Waals surface area contributed by atoms with E-state index >= 15 is 0 Å². The Morgan fingerprint density at radius 3 is 2.00 bits per heavy atom. The van der Waals surface area contributed by atoms with Crippen molar-refractivity contribution >= 4 is 0 Å². The van der Waals surface area contributed by atoms with Gasteiger partial charge >= 0.3 is 0 Å². The Labute approximate surface area is 102 Å². The number of hydrogen-bond acceptors (Lipinski definition) is 2. The first-order chi connectivity index (χ1) is 8.39. The molecule has 0 bridgehead atoms. The molecule has 2 nitrogen and oxygen atoms in total. The van der Waals surface area contributed by atoms with Crippen LogP contribution < -0.4 is 5.73 Å². The summed E-state index contributed by atoms with van der Waals surface area (Å²) < 4.78 is 39.4. The minimum atomic E-state index is -1.22. The van der Waals surface area contributed by atoms with Crippen LogP contribution in [0.3, 0.4) is 0 Å². The Hall–Kier alpha value is -1.88. The summed E-state index contributed by atoms with van der Waals surface area (Å²) in [5.74, 6) is -2.02. The molecule has 0 saturated carbocycles. The molecule has 0 spiro atoms. The minimum Gasteiger partial charge on any atom is -0.318 e. The zero-order valence-electron chi connectivity index (χ0n) is 9.62. The summed E-state index contributed by atoms with van der Waals surface area (Å²) >= 11 is 0. The van der Waals surface area contributed by atoms with E-state index in [0.29, 0.717) is 5.56 Å². The molecule has 1 heterocycles. The molecular weight excluding hydrogens is 241 g/mol. The number of nitrogens with two attached hydrogens (primary N) is 1. The molecule has 0 aliphatic rings. The number of hydrogen-bond donors (Lipinski definition) is 1. The van der Waals surface area contributed by atoms with Crippen LogP contribution in [0.2, 0.25) is 0 Å². The van der Waals surface area contributed by atoms with E-state index in [0.717, 1.165) is 24.4 Å². The third-order valence-electron chi connectivity index (χ3n) is 2.77. The Kier molecular flexibility index (Phi) is 3.09. The van der Waals surface area contributed by atoms with E-state index in [1.807, 2.05) is 0 Å². The summed E-state index contributed by atoms with van der Waals surface area (Å²) in [6.07, 6.45) is 2.40. The normalized spacial score (nSPS) is 14.3. The van der Waals surface area contributed by atoms with E-state index < -0.39 is 23.0 Å². The predicted molar refractivity (Wildman–Crippen MR) is 61.2 cm³/mol. The second-order valence-electron chi connectivity index (χ2n) is 4.25. The fraction of sp³-hybridized carbons (Fsp3) is 0.154. The highest BCUT2D eigenvalue weighted by Gasteiger charge is 2.25. The van der Waals surface area contributed by atoms with E-state index in [2.05, 4.69) is 4.98 Å². The molecule has 2 aromatic rings. The summed E-state index contributed by atoms with van der Waals surface area (Å²) in [5.41, 5.74) is 5.36. The van der Waals surface area contributed by atoms with Gasteiger partial charge in [0.2, 0.25) is 0 Å². The van der Waals surface area contributed by atoms with Gasteiger partial charge in [0.25, 0.3) is 0 Å². The molecule has 1 atom stereocenters. The van der Waals surface area contributed by atoms with Crippen LogP contribution in [-0.2, 0) is 5.54 Å². The number of rotatable bonds is 2. The standard InChI is InChI=1S/C13H11F3N2/c1-13(17,9-4-12(16)7-18-6-9)8-2-10(14)5-11(15)3-8/h2-7H,17H2,1H3. The van der Waals surface area contributed by atoms with Gasteiger partial charge in [-0.3, -0.25) is 4.98 Å². The topological polar surface area (TPSA) is 38.9 Å².